The summed E-state index contributed by atoms with van der Waals surface area (Å²) in [5, 5.41) is 3.86. The molecule has 3 aromatic carbocycles. The van der Waals surface area contributed by atoms with Crippen molar-refractivity contribution in [3.05, 3.63) is 133 Å². The molecule has 0 amide bonds. The summed E-state index contributed by atoms with van der Waals surface area (Å²) in [6.07, 6.45) is 6.68. The van der Waals surface area contributed by atoms with E-state index in [0.29, 0.717) is 0 Å². The average Bonchev–Trinajstić information content (AvgIpc) is 3.29. The number of benzene rings is 3. The summed E-state index contributed by atoms with van der Waals surface area (Å²) in [5.74, 6) is 1.04. The monoisotopic (exact) mass is 406 g/mol. The van der Waals surface area contributed by atoms with E-state index in [1.807, 2.05) is 12.2 Å². The molecule has 3 aromatic rings. The molecule has 1 aliphatic heterocycles. The molecule has 0 radical (unpaired) electrons. The molecule has 0 saturated carbocycles. The van der Waals surface area contributed by atoms with Crippen molar-refractivity contribution in [3.63, 3.8) is 0 Å². The van der Waals surface area contributed by atoms with Crippen molar-refractivity contribution in [2.24, 2.45) is 4.99 Å². The highest BCUT2D eigenvalue weighted by Gasteiger charge is 2.42. The molecule has 0 bridgehead atoms. The van der Waals surface area contributed by atoms with Gasteiger partial charge < -0.3 is 5.32 Å². The molecule has 1 aliphatic rings. The molecule has 1 heterocycles. The highest BCUT2D eigenvalue weighted by Crippen LogP contribution is 2.43. The highest BCUT2D eigenvalue weighted by atomic mass is 15.1. The molecule has 156 valence electrons. The van der Waals surface area contributed by atoms with Gasteiger partial charge in [-0.05, 0) is 36.0 Å². The summed E-state index contributed by atoms with van der Waals surface area (Å²) in [7, 11) is 0. The second-order valence-electron chi connectivity index (χ2n) is 8.13. The van der Waals surface area contributed by atoms with Gasteiger partial charge in [-0.25, -0.2) is 0 Å². The summed E-state index contributed by atoms with van der Waals surface area (Å²) >= 11 is 0. The molecule has 4 rings (SSSR count). The topological polar surface area (TPSA) is 24.4 Å². The Labute approximate surface area is 186 Å². The van der Waals surface area contributed by atoms with Crippen LogP contribution in [0.1, 0.15) is 48.0 Å². The first-order chi connectivity index (χ1) is 15.3. The molecule has 2 heteroatoms. The summed E-state index contributed by atoms with van der Waals surface area (Å²) in [5.41, 5.74) is 3.49. The molecule has 0 saturated heterocycles. The number of hydrogen-bond acceptors (Lipinski definition) is 2. The summed E-state index contributed by atoms with van der Waals surface area (Å²) in [6, 6.07) is 32.1. The van der Waals surface area contributed by atoms with Gasteiger partial charge in [-0.15, -0.1) is 13.2 Å². The van der Waals surface area contributed by atoms with Crippen LogP contribution in [0.3, 0.4) is 0 Å². The van der Waals surface area contributed by atoms with Crippen LogP contribution in [0.15, 0.2) is 121 Å². The van der Waals surface area contributed by atoms with E-state index in [0.717, 1.165) is 25.1 Å². The number of hydrogen-bond donors (Lipinski definition) is 1. The first-order valence-corrected chi connectivity index (χ1v) is 11.0. The van der Waals surface area contributed by atoms with Crippen LogP contribution in [0.5, 0.6) is 0 Å². The van der Waals surface area contributed by atoms with Crippen molar-refractivity contribution in [2.45, 2.75) is 36.8 Å². The lowest BCUT2D eigenvalue weighted by Gasteiger charge is -2.34. The second kappa shape index (κ2) is 9.61. The minimum Gasteiger partial charge on any atom is -0.364 e. The van der Waals surface area contributed by atoms with E-state index in [4.69, 9.17) is 4.99 Å². The van der Waals surface area contributed by atoms with E-state index in [1.54, 1.807) is 0 Å². The molecular formula is C29H30N2. The van der Waals surface area contributed by atoms with Gasteiger partial charge in [0.15, 0.2) is 0 Å². The van der Waals surface area contributed by atoms with Crippen molar-refractivity contribution in [1.29, 1.82) is 0 Å². The molecule has 31 heavy (non-hydrogen) atoms. The lowest BCUT2D eigenvalue weighted by atomic mass is 9.72. The standard InChI is InChI=1S/C29H30N2/c1-3-5-22-29(21-4-2,25-19-13-8-14-20-25)28-30-26(23-15-9-6-10-16-23)27(31-28)24-17-11-7-12-18-24/h3-4,6-20,26-27H,1-2,5,21-22H2,(H,30,31)/t26-,27-,29+/m0/s1. The molecule has 1 N–H and O–H groups in total. The Bertz CT molecular complexity index is 1020. The molecular weight excluding hydrogens is 376 g/mol. The zero-order valence-electron chi connectivity index (χ0n) is 18.0. The number of allylic oxidation sites excluding steroid dienone is 2. The Morgan fingerprint density at radius 1 is 0.774 bits per heavy atom. The van der Waals surface area contributed by atoms with E-state index in [2.05, 4.69) is 109 Å². The van der Waals surface area contributed by atoms with Crippen molar-refractivity contribution in [2.75, 3.05) is 0 Å². The van der Waals surface area contributed by atoms with Crippen LogP contribution < -0.4 is 5.32 Å². The minimum atomic E-state index is -0.256. The maximum absolute atomic E-state index is 5.36. The third kappa shape index (κ3) is 4.25. The van der Waals surface area contributed by atoms with Gasteiger partial charge in [0.1, 0.15) is 11.9 Å². The predicted molar refractivity (Wildman–Crippen MR) is 131 cm³/mol. The third-order valence-electron chi connectivity index (χ3n) is 6.22. The lowest BCUT2D eigenvalue weighted by Crippen LogP contribution is -2.43. The Kier molecular flexibility index (Phi) is 6.47. The Balaban J connectivity index is 1.84. The molecule has 3 atom stereocenters. The third-order valence-corrected chi connectivity index (χ3v) is 6.22. The second-order valence-corrected chi connectivity index (χ2v) is 8.13. The van der Waals surface area contributed by atoms with Gasteiger partial charge in [0.2, 0.25) is 0 Å². The molecule has 0 unspecified atom stereocenters. The van der Waals surface area contributed by atoms with E-state index >= 15 is 0 Å². The van der Waals surface area contributed by atoms with E-state index < -0.39 is 0 Å². The SMILES string of the molecule is C=CCC[C@@](CC=C)(C1=N[C@@H](c2ccccc2)[C@H](c2ccccc2)N1)c1ccccc1. The van der Waals surface area contributed by atoms with Crippen LogP contribution in [0.4, 0.5) is 0 Å². The zero-order valence-corrected chi connectivity index (χ0v) is 18.0. The fourth-order valence-corrected chi connectivity index (χ4v) is 4.65. The van der Waals surface area contributed by atoms with E-state index in [1.165, 1.54) is 16.7 Å². The normalized spacial score (nSPS) is 19.7. The lowest BCUT2D eigenvalue weighted by molar-refractivity contribution is 0.514. The van der Waals surface area contributed by atoms with Crippen molar-refractivity contribution < 1.29 is 0 Å². The van der Waals surface area contributed by atoms with Gasteiger partial charge in [0, 0.05) is 0 Å². The number of nitrogens with zero attached hydrogens (tertiary/aromatic N) is 1. The molecule has 2 nitrogen and oxygen atoms in total. The number of nitrogens with one attached hydrogen (secondary N) is 1. The van der Waals surface area contributed by atoms with Gasteiger partial charge in [-0.3, -0.25) is 4.99 Å². The van der Waals surface area contributed by atoms with Gasteiger partial charge in [-0.1, -0.05) is 103 Å². The van der Waals surface area contributed by atoms with Crippen LogP contribution >= 0.6 is 0 Å². The number of aliphatic imine (C=N–C) groups is 1. The molecule has 0 fully saturated rings. The highest BCUT2D eigenvalue weighted by molar-refractivity contribution is 5.95. The fourth-order valence-electron chi connectivity index (χ4n) is 4.65. The summed E-state index contributed by atoms with van der Waals surface area (Å²) in [6.45, 7) is 8.08. The van der Waals surface area contributed by atoms with E-state index in [9.17, 15) is 0 Å². The number of amidine groups is 1. The molecule has 0 spiro atoms. The van der Waals surface area contributed by atoms with Crippen LogP contribution in [0.25, 0.3) is 0 Å². The maximum atomic E-state index is 5.36. The Morgan fingerprint density at radius 2 is 1.35 bits per heavy atom. The molecule has 0 aliphatic carbocycles. The fraction of sp³-hybridized carbons (Fsp3) is 0.207. The van der Waals surface area contributed by atoms with Crippen LogP contribution in [0, 0.1) is 0 Å². The van der Waals surface area contributed by atoms with Crippen LogP contribution in [-0.4, -0.2) is 5.84 Å². The molecule has 0 aromatic heterocycles. The quantitative estimate of drug-likeness (QED) is 0.382. The minimum absolute atomic E-state index is 0.0234. The maximum Gasteiger partial charge on any atom is 0.109 e. The van der Waals surface area contributed by atoms with Gasteiger partial charge in [0.25, 0.3) is 0 Å². The van der Waals surface area contributed by atoms with Gasteiger partial charge in [0.05, 0.1) is 11.5 Å². The summed E-state index contributed by atoms with van der Waals surface area (Å²) < 4.78 is 0. The van der Waals surface area contributed by atoms with Crippen LogP contribution in [0.2, 0.25) is 0 Å². The first-order valence-electron chi connectivity index (χ1n) is 11.0. The van der Waals surface area contributed by atoms with Crippen LogP contribution in [-0.2, 0) is 5.41 Å². The average molecular weight is 407 g/mol. The van der Waals surface area contributed by atoms with Gasteiger partial charge in [-0.2, -0.15) is 0 Å². The van der Waals surface area contributed by atoms with Crippen molar-refractivity contribution in [3.8, 4) is 0 Å². The van der Waals surface area contributed by atoms with Crippen molar-refractivity contribution >= 4 is 5.84 Å². The number of rotatable bonds is 9. The first kappa shape index (κ1) is 20.9. The Morgan fingerprint density at radius 3 is 1.94 bits per heavy atom. The van der Waals surface area contributed by atoms with Gasteiger partial charge >= 0.3 is 0 Å². The largest absolute Gasteiger partial charge is 0.364 e. The van der Waals surface area contributed by atoms with E-state index in [-0.39, 0.29) is 17.5 Å². The summed E-state index contributed by atoms with van der Waals surface area (Å²) in [4.78, 5) is 5.36. The zero-order chi connectivity index (χ0) is 21.5. The smallest absolute Gasteiger partial charge is 0.109 e. The van der Waals surface area contributed by atoms with Crippen molar-refractivity contribution in [1.82, 2.24) is 5.32 Å². The Hall–Kier alpha value is -3.39. The predicted octanol–water partition coefficient (Wildman–Crippen LogP) is 6.95.